The molecule has 0 fully saturated rings. The predicted molar refractivity (Wildman–Crippen MR) is 128 cm³/mol. The van der Waals surface area contributed by atoms with Crippen molar-refractivity contribution in [3.8, 4) is 16.9 Å². The fourth-order valence-electron chi connectivity index (χ4n) is 3.18. The van der Waals surface area contributed by atoms with Crippen molar-refractivity contribution >= 4 is 34.6 Å². The van der Waals surface area contributed by atoms with Crippen LogP contribution in [0.15, 0.2) is 85.1 Å². The van der Waals surface area contributed by atoms with Crippen LogP contribution in [0.1, 0.15) is 11.1 Å². The van der Waals surface area contributed by atoms with E-state index >= 15 is 0 Å². The number of para-hydroxylation sites is 1. The zero-order chi connectivity index (χ0) is 20.9. The van der Waals surface area contributed by atoms with Gasteiger partial charge in [-0.2, -0.15) is 5.10 Å². The van der Waals surface area contributed by atoms with Crippen LogP contribution in [0.5, 0.6) is 0 Å². The zero-order valence-corrected chi connectivity index (χ0v) is 18.0. The molecule has 1 heterocycles. The third-order valence-corrected chi connectivity index (χ3v) is 5.47. The Bertz CT molecular complexity index is 1160. The number of benzene rings is 3. The summed E-state index contributed by atoms with van der Waals surface area (Å²) < 4.78 is 1.90. The van der Waals surface area contributed by atoms with Crippen molar-refractivity contribution in [1.82, 2.24) is 15.1 Å². The highest BCUT2D eigenvalue weighted by Crippen LogP contribution is 2.25. The molecule has 0 bridgehead atoms. The van der Waals surface area contributed by atoms with Gasteiger partial charge >= 0.3 is 0 Å². The SMILES string of the molecule is Cc1c(Cl)cccc1NC(=S)NCc1cn(-c2ccccc2)nc1-c1ccccc1. The number of hydrogen-bond donors (Lipinski definition) is 2. The van der Waals surface area contributed by atoms with E-state index in [2.05, 4.69) is 22.8 Å². The smallest absolute Gasteiger partial charge is 0.171 e. The monoisotopic (exact) mass is 432 g/mol. The highest BCUT2D eigenvalue weighted by molar-refractivity contribution is 7.80. The van der Waals surface area contributed by atoms with Gasteiger partial charge in [-0.3, -0.25) is 0 Å². The second-order valence-electron chi connectivity index (χ2n) is 6.87. The summed E-state index contributed by atoms with van der Waals surface area (Å²) in [7, 11) is 0. The minimum atomic E-state index is 0.534. The number of nitrogens with zero attached hydrogens (tertiary/aromatic N) is 2. The van der Waals surface area contributed by atoms with Crippen molar-refractivity contribution in [2.45, 2.75) is 13.5 Å². The number of thiocarbonyl (C=S) groups is 1. The Morgan fingerprint density at radius 1 is 0.967 bits per heavy atom. The minimum Gasteiger partial charge on any atom is -0.358 e. The van der Waals surface area contributed by atoms with Gasteiger partial charge in [-0.15, -0.1) is 0 Å². The fraction of sp³-hybridized carbons (Fsp3) is 0.0833. The molecule has 2 N–H and O–H groups in total. The molecular formula is C24H21ClN4S. The molecule has 0 unspecified atom stereocenters. The average Bonchev–Trinajstić information content (AvgIpc) is 3.21. The maximum absolute atomic E-state index is 6.21. The predicted octanol–water partition coefficient (Wildman–Crippen LogP) is 5.99. The molecule has 0 aliphatic carbocycles. The van der Waals surface area contributed by atoms with Crippen LogP contribution in [0.4, 0.5) is 5.69 Å². The first-order chi connectivity index (χ1) is 14.6. The maximum atomic E-state index is 6.21. The molecule has 6 heteroatoms. The van der Waals surface area contributed by atoms with E-state index in [0.29, 0.717) is 16.7 Å². The Morgan fingerprint density at radius 3 is 2.40 bits per heavy atom. The van der Waals surface area contributed by atoms with Gasteiger partial charge < -0.3 is 10.6 Å². The van der Waals surface area contributed by atoms with Crippen LogP contribution >= 0.6 is 23.8 Å². The van der Waals surface area contributed by atoms with Gasteiger partial charge in [0.25, 0.3) is 0 Å². The Labute approximate surface area is 186 Å². The highest BCUT2D eigenvalue weighted by atomic mass is 35.5. The molecule has 0 spiro atoms. The van der Waals surface area contributed by atoms with Gasteiger partial charge in [0.1, 0.15) is 0 Å². The van der Waals surface area contributed by atoms with Gasteiger partial charge in [-0.05, 0) is 49.0 Å². The highest BCUT2D eigenvalue weighted by Gasteiger charge is 2.13. The number of halogens is 1. The van der Waals surface area contributed by atoms with Gasteiger partial charge in [0.2, 0.25) is 0 Å². The molecule has 3 aromatic carbocycles. The summed E-state index contributed by atoms with van der Waals surface area (Å²) in [6.07, 6.45) is 2.04. The number of nitrogens with one attached hydrogen (secondary N) is 2. The first-order valence-electron chi connectivity index (χ1n) is 9.61. The molecular weight excluding hydrogens is 412 g/mol. The summed E-state index contributed by atoms with van der Waals surface area (Å²) in [6, 6.07) is 26.0. The quantitative estimate of drug-likeness (QED) is 0.380. The second-order valence-corrected chi connectivity index (χ2v) is 7.68. The van der Waals surface area contributed by atoms with Crippen LogP contribution in [0, 0.1) is 6.92 Å². The van der Waals surface area contributed by atoms with Crippen molar-refractivity contribution in [2.75, 3.05) is 5.32 Å². The lowest BCUT2D eigenvalue weighted by atomic mass is 10.1. The summed E-state index contributed by atoms with van der Waals surface area (Å²) in [6.45, 7) is 2.51. The van der Waals surface area contributed by atoms with Crippen LogP contribution in [-0.2, 0) is 6.54 Å². The number of hydrogen-bond acceptors (Lipinski definition) is 2. The van der Waals surface area contributed by atoms with Crippen molar-refractivity contribution in [3.05, 3.63) is 101 Å². The van der Waals surface area contributed by atoms with Crippen LogP contribution in [0.25, 0.3) is 16.9 Å². The zero-order valence-electron chi connectivity index (χ0n) is 16.5. The van der Waals surface area contributed by atoms with E-state index < -0.39 is 0 Å². The van der Waals surface area contributed by atoms with Gasteiger partial charge in [-0.1, -0.05) is 66.2 Å². The van der Waals surface area contributed by atoms with Crippen LogP contribution in [0.3, 0.4) is 0 Å². The number of rotatable bonds is 5. The van der Waals surface area contributed by atoms with Crippen molar-refractivity contribution in [2.24, 2.45) is 0 Å². The molecule has 30 heavy (non-hydrogen) atoms. The molecule has 0 atom stereocenters. The van der Waals surface area contributed by atoms with Gasteiger partial charge in [-0.25, -0.2) is 4.68 Å². The normalized spacial score (nSPS) is 10.6. The fourth-order valence-corrected chi connectivity index (χ4v) is 3.53. The van der Waals surface area contributed by atoms with Gasteiger partial charge in [0, 0.05) is 34.6 Å². The third kappa shape index (κ3) is 4.53. The van der Waals surface area contributed by atoms with Crippen molar-refractivity contribution in [1.29, 1.82) is 0 Å². The first-order valence-corrected chi connectivity index (χ1v) is 10.4. The van der Waals surface area contributed by atoms with Crippen LogP contribution < -0.4 is 10.6 Å². The van der Waals surface area contributed by atoms with Crippen molar-refractivity contribution < 1.29 is 0 Å². The van der Waals surface area contributed by atoms with E-state index in [9.17, 15) is 0 Å². The molecule has 0 radical (unpaired) electrons. The molecule has 0 saturated carbocycles. The van der Waals surface area contributed by atoms with Crippen molar-refractivity contribution in [3.63, 3.8) is 0 Å². The Balaban J connectivity index is 1.56. The topological polar surface area (TPSA) is 41.9 Å². The molecule has 0 aliphatic rings. The van der Waals surface area contributed by atoms with Gasteiger partial charge in [0.05, 0.1) is 11.4 Å². The molecule has 4 aromatic rings. The standard InChI is InChI=1S/C24H21ClN4S/c1-17-21(25)13-8-14-22(17)27-24(30)26-15-19-16-29(20-11-6-3-7-12-20)28-23(19)18-9-4-2-5-10-18/h2-14,16H,15H2,1H3,(H2,26,27,30). The summed E-state index contributed by atoms with van der Waals surface area (Å²) in [5.41, 5.74) is 5.91. The summed E-state index contributed by atoms with van der Waals surface area (Å²) in [4.78, 5) is 0. The number of anilines is 1. The maximum Gasteiger partial charge on any atom is 0.171 e. The largest absolute Gasteiger partial charge is 0.358 e. The molecule has 1 aromatic heterocycles. The lowest BCUT2D eigenvalue weighted by molar-refractivity contribution is 0.879. The summed E-state index contributed by atoms with van der Waals surface area (Å²) in [5.74, 6) is 0. The van der Waals surface area contributed by atoms with E-state index in [1.807, 2.05) is 84.5 Å². The summed E-state index contributed by atoms with van der Waals surface area (Å²) in [5, 5.41) is 12.6. The molecule has 0 amide bonds. The lowest BCUT2D eigenvalue weighted by Crippen LogP contribution is -2.28. The van der Waals surface area contributed by atoms with E-state index in [1.165, 1.54) is 0 Å². The molecule has 4 rings (SSSR count). The second kappa shape index (κ2) is 9.11. The molecule has 4 nitrogen and oxygen atoms in total. The average molecular weight is 433 g/mol. The molecule has 150 valence electrons. The van der Waals surface area contributed by atoms with Crippen LogP contribution in [0.2, 0.25) is 5.02 Å². The van der Waals surface area contributed by atoms with E-state index in [1.54, 1.807) is 0 Å². The first kappa shape index (κ1) is 20.1. The third-order valence-electron chi connectivity index (χ3n) is 4.81. The lowest BCUT2D eigenvalue weighted by Gasteiger charge is -2.13. The minimum absolute atomic E-state index is 0.534. The van der Waals surface area contributed by atoms with E-state index in [0.717, 1.165) is 33.8 Å². The Hall–Kier alpha value is -3.15. The van der Waals surface area contributed by atoms with E-state index in [-0.39, 0.29) is 0 Å². The summed E-state index contributed by atoms with van der Waals surface area (Å²) >= 11 is 11.7. The number of aromatic nitrogens is 2. The Kier molecular flexibility index (Phi) is 6.12. The molecule has 0 aliphatic heterocycles. The van der Waals surface area contributed by atoms with Crippen LogP contribution in [-0.4, -0.2) is 14.9 Å². The Morgan fingerprint density at radius 2 is 1.67 bits per heavy atom. The van der Waals surface area contributed by atoms with Gasteiger partial charge in [0.15, 0.2) is 5.11 Å². The molecule has 0 saturated heterocycles. The van der Waals surface area contributed by atoms with E-state index in [4.69, 9.17) is 28.9 Å².